The van der Waals surface area contributed by atoms with E-state index in [0.29, 0.717) is 5.92 Å². The van der Waals surface area contributed by atoms with Crippen molar-refractivity contribution in [3.8, 4) is 5.75 Å². The Morgan fingerprint density at radius 1 is 0.955 bits per heavy atom. The van der Waals surface area contributed by atoms with E-state index >= 15 is 0 Å². The van der Waals surface area contributed by atoms with Crippen molar-refractivity contribution in [1.29, 1.82) is 0 Å². The molecular formula is C19H26N2O. The predicted molar refractivity (Wildman–Crippen MR) is 93.7 cm³/mol. The van der Waals surface area contributed by atoms with Crippen LogP contribution in [0.4, 0.5) is 5.69 Å². The highest BCUT2D eigenvalue weighted by Crippen LogP contribution is 2.23. The molecule has 0 radical (unpaired) electrons. The molecule has 2 aromatic rings. The number of ether oxygens (including phenoxy) is 1. The second-order valence-electron chi connectivity index (χ2n) is 5.69. The average molecular weight is 298 g/mol. The molecule has 0 aliphatic heterocycles. The maximum atomic E-state index is 5.16. The maximum absolute atomic E-state index is 5.16. The van der Waals surface area contributed by atoms with Crippen molar-refractivity contribution in [2.75, 3.05) is 25.5 Å². The zero-order chi connectivity index (χ0) is 15.8. The number of methoxy groups -OCH3 is 1. The van der Waals surface area contributed by atoms with Gasteiger partial charge in [-0.05, 0) is 35.2 Å². The SMILES string of the molecule is COc1ccc(CNCCNc2ccccc2C(C)C)cc1. The molecule has 0 saturated carbocycles. The van der Waals surface area contributed by atoms with Crippen LogP contribution >= 0.6 is 0 Å². The summed E-state index contributed by atoms with van der Waals surface area (Å²) in [7, 11) is 1.69. The minimum atomic E-state index is 0.538. The molecule has 22 heavy (non-hydrogen) atoms. The Bertz CT molecular complexity index is 564. The van der Waals surface area contributed by atoms with Gasteiger partial charge in [-0.25, -0.2) is 0 Å². The number of anilines is 1. The third-order valence-corrected chi connectivity index (χ3v) is 3.69. The number of rotatable bonds is 8. The smallest absolute Gasteiger partial charge is 0.118 e. The highest BCUT2D eigenvalue weighted by atomic mass is 16.5. The first-order chi connectivity index (χ1) is 10.7. The molecule has 118 valence electrons. The molecule has 0 fully saturated rings. The Balaban J connectivity index is 1.73. The molecular weight excluding hydrogens is 272 g/mol. The summed E-state index contributed by atoms with van der Waals surface area (Å²) in [6.45, 7) is 7.17. The van der Waals surface area contributed by atoms with Gasteiger partial charge in [-0.15, -0.1) is 0 Å². The molecule has 0 aliphatic rings. The van der Waals surface area contributed by atoms with Crippen LogP contribution in [-0.2, 0) is 6.54 Å². The largest absolute Gasteiger partial charge is 0.497 e. The van der Waals surface area contributed by atoms with Gasteiger partial charge >= 0.3 is 0 Å². The summed E-state index contributed by atoms with van der Waals surface area (Å²) in [5.74, 6) is 1.44. The summed E-state index contributed by atoms with van der Waals surface area (Å²) in [5, 5.41) is 6.97. The molecule has 2 aromatic carbocycles. The van der Waals surface area contributed by atoms with Crippen LogP contribution in [-0.4, -0.2) is 20.2 Å². The van der Waals surface area contributed by atoms with E-state index in [1.54, 1.807) is 7.11 Å². The molecule has 2 rings (SSSR count). The second-order valence-corrected chi connectivity index (χ2v) is 5.69. The van der Waals surface area contributed by atoms with E-state index in [-0.39, 0.29) is 0 Å². The lowest BCUT2D eigenvalue weighted by Crippen LogP contribution is -2.22. The summed E-state index contributed by atoms with van der Waals surface area (Å²) in [6, 6.07) is 16.7. The Morgan fingerprint density at radius 2 is 1.68 bits per heavy atom. The summed E-state index contributed by atoms with van der Waals surface area (Å²) in [6.07, 6.45) is 0. The van der Waals surface area contributed by atoms with Crippen molar-refractivity contribution in [2.45, 2.75) is 26.3 Å². The molecule has 0 unspecified atom stereocenters. The number of nitrogens with one attached hydrogen (secondary N) is 2. The molecule has 2 N–H and O–H groups in total. The minimum absolute atomic E-state index is 0.538. The molecule has 0 bridgehead atoms. The van der Waals surface area contributed by atoms with Crippen molar-refractivity contribution >= 4 is 5.69 Å². The van der Waals surface area contributed by atoms with Crippen LogP contribution in [0.2, 0.25) is 0 Å². The quantitative estimate of drug-likeness (QED) is 0.722. The van der Waals surface area contributed by atoms with Crippen molar-refractivity contribution in [1.82, 2.24) is 5.32 Å². The summed E-state index contributed by atoms with van der Waals surface area (Å²) < 4.78 is 5.16. The van der Waals surface area contributed by atoms with E-state index in [4.69, 9.17) is 4.74 Å². The number of hydrogen-bond donors (Lipinski definition) is 2. The van der Waals surface area contributed by atoms with Gasteiger partial charge < -0.3 is 15.4 Å². The predicted octanol–water partition coefficient (Wildman–Crippen LogP) is 4.02. The van der Waals surface area contributed by atoms with Crippen LogP contribution in [0.3, 0.4) is 0 Å². The Labute approximate surface area is 133 Å². The fourth-order valence-corrected chi connectivity index (χ4v) is 2.42. The Kier molecular flexibility index (Phi) is 6.28. The maximum Gasteiger partial charge on any atom is 0.118 e. The molecule has 0 aliphatic carbocycles. The van der Waals surface area contributed by atoms with Gasteiger partial charge in [-0.2, -0.15) is 0 Å². The van der Waals surface area contributed by atoms with Crippen molar-refractivity contribution in [3.05, 3.63) is 59.7 Å². The highest BCUT2D eigenvalue weighted by Gasteiger charge is 2.04. The summed E-state index contributed by atoms with van der Waals surface area (Å²) in [4.78, 5) is 0. The summed E-state index contributed by atoms with van der Waals surface area (Å²) in [5.41, 5.74) is 3.88. The van der Waals surface area contributed by atoms with E-state index in [1.165, 1.54) is 16.8 Å². The first-order valence-electron chi connectivity index (χ1n) is 7.87. The number of para-hydroxylation sites is 1. The van der Waals surface area contributed by atoms with Crippen molar-refractivity contribution in [2.24, 2.45) is 0 Å². The van der Waals surface area contributed by atoms with Gasteiger partial charge in [0.05, 0.1) is 7.11 Å². The van der Waals surface area contributed by atoms with Crippen LogP contribution in [0.1, 0.15) is 30.9 Å². The van der Waals surface area contributed by atoms with Gasteiger partial charge in [0.2, 0.25) is 0 Å². The first kappa shape index (κ1) is 16.4. The average Bonchev–Trinajstić information content (AvgIpc) is 2.55. The fraction of sp³-hybridized carbons (Fsp3) is 0.368. The van der Waals surface area contributed by atoms with Gasteiger partial charge in [0.15, 0.2) is 0 Å². The molecule has 0 saturated heterocycles. The lowest BCUT2D eigenvalue weighted by atomic mass is 10.0. The van der Waals surface area contributed by atoms with Gasteiger partial charge in [0, 0.05) is 25.3 Å². The zero-order valence-corrected chi connectivity index (χ0v) is 13.7. The van der Waals surface area contributed by atoms with Gasteiger partial charge in [0.1, 0.15) is 5.75 Å². The minimum Gasteiger partial charge on any atom is -0.497 e. The van der Waals surface area contributed by atoms with Crippen LogP contribution in [0.15, 0.2) is 48.5 Å². The molecule has 0 heterocycles. The Hall–Kier alpha value is -2.00. The van der Waals surface area contributed by atoms with Gasteiger partial charge in [-0.3, -0.25) is 0 Å². The number of hydrogen-bond acceptors (Lipinski definition) is 3. The summed E-state index contributed by atoms with van der Waals surface area (Å²) >= 11 is 0. The molecule has 0 amide bonds. The standard InChI is InChI=1S/C19H26N2O/c1-15(2)18-6-4-5-7-19(18)21-13-12-20-14-16-8-10-17(22-3)11-9-16/h4-11,15,20-21H,12-14H2,1-3H3. The molecule has 3 heteroatoms. The van der Waals surface area contributed by atoms with Gasteiger partial charge in [0.25, 0.3) is 0 Å². The van der Waals surface area contributed by atoms with Crippen molar-refractivity contribution in [3.63, 3.8) is 0 Å². The van der Waals surface area contributed by atoms with Crippen LogP contribution < -0.4 is 15.4 Å². The van der Waals surface area contributed by atoms with Crippen LogP contribution in [0, 0.1) is 0 Å². The first-order valence-corrected chi connectivity index (χ1v) is 7.87. The Morgan fingerprint density at radius 3 is 2.36 bits per heavy atom. The monoisotopic (exact) mass is 298 g/mol. The number of benzene rings is 2. The fourth-order valence-electron chi connectivity index (χ4n) is 2.42. The van der Waals surface area contributed by atoms with E-state index < -0.39 is 0 Å². The van der Waals surface area contributed by atoms with Gasteiger partial charge in [-0.1, -0.05) is 44.2 Å². The lowest BCUT2D eigenvalue weighted by Gasteiger charge is -2.14. The third kappa shape index (κ3) is 4.78. The van der Waals surface area contributed by atoms with E-state index in [1.807, 2.05) is 12.1 Å². The van der Waals surface area contributed by atoms with E-state index in [2.05, 4.69) is 60.9 Å². The zero-order valence-electron chi connectivity index (χ0n) is 13.7. The third-order valence-electron chi connectivity index (χ3n) is 3.69. The molecule has 0 aromatic heterocycles. The normalized spacial score (nSPS) is 10.7. The lowest BCUT2D eigenvalue weighted by molar-refractivity contribution is 0.414. The molecule has 3 nitrogen and oxygen atoms in total. The van der Waals surface area contributed by atoms with Crippen LogP contribution in [0.25, 0.3) is 0 Å². The second kappa shape index (κ2) is 8.44. The highest BCUT2D eigenvalue weighted by molar-refractivity contribution is 5.52. The van der Waals surface area contributed by atoms with Crippen molar-refractivity contribution < 1.29 is 4.74 Å². The molecule has 0 spiro atoms. The topological polar surface area (TPSA) is 33.3 Å². The van der Waals surface area contributed by atoms with Crippen LogP contribution in [0.5, 0.6) is 5.75 Å². The molecule has 0 atom stereocenters. The van der Waals surface area contributed by atoms with E-state index in [9.17, 15) is 0 Å². The van der Waals surface area contributed by atoms with E-state index in [0.717, 1.165) is 25.4 Å².